The molecule has 3 rings (SSSR count). The summed E-state index contributed by atoms with van der Waals surface area (Å²) in [6.45, 7) is 8.79. The van der Waals surface area contributed by atoms with E-state index in [-0.39, 0.29) is 17.4 Å². The third-order valence-corrected chi connectivity index (χ3v) is 5.26. The molecule has 0 unspecified atom stereocenters. The molecule has 2 N–H and O–H groups in total. The zero-order valence-corrected chi connectivity index (χ0v) is 14.6. The lowest BCUT2D eigenvalue weighted by atomic mass is 9.78. The molecular weight excluding hydrogens is 310 g/mol. The molecule has 0 radical (unpaired) electrons. The molecule has 1 atom stereocenters. The maximum atomic E-state index is 14.3. The highest BCUT2D eigenvalue weighted by Gasteiger charge is 2.52. The van der Waals surface area contributed by atoms with Gasteiger partial charge in [0, 0.05) is 30.2 Å². The van der Waals surface area contributed by atoms with Crippen LogP contribution in [0.2, 0.25) is 0 Å². The summed E-state index contributed by atoms with van der Waals surface area (Å²) in [7, 11) is -0.830. The zero-order valence-electron chi connectivity index (χ0n) is 14.6. The first-order valence-corrected chi connectivity index (χ1v) is 8.31. The Balaban J connectivity index is 1.86. The Morgan fingerprint density at radius 2 is 1.92 bits per heavy atom. The molecule has 7 heteroatoms. The van der Waals surface area contributed by atoms with Crippen LogP contribution in [0.3, 0.4) is 0 Å². The van der Waals surface area contributed by atoms with Crippen LogP contribution in [-0.2, 0) is 9.31 Å². The first-order chi connectivity index (χ1) is 11.1. The molecule has 0 aromatic heterocycles. The van der Waals surface area contributed by atoms with E-state index in [9.17, 15) is 9.18 Å². The molecule has 2 saturated heterocycles. The predicted molar refractivity (Wildman–Crippen MR) is 90.6 cm³/mol. The number of nitrogens with two attached hydrogens (primary N) is 1. The van der Waals surface area contributed by atoms with Crippen LogP contribution in [-0.4, -0.2) is 48.3 Å². The monoisotopic (exact) mass is 334 g/mol. The van der Waals surface area contributed by atoms with Crippen molar-refractivity contribution >= 4 is 18.5 Å². The van der Waals surface area contributed by atoms with Crippen molar-refractivity contribution in [1.82, 2.24) is 4.90 Å². The number of benzene rings is 1. The van der Waals surface area contributed by atoms with Gasteiger partial charge in [-0.15, -0.1) is 0 Å². The number of nitrogens with zero attached hydrogens (tertiary/aromatic N) is 1. The summed E-state index contributed by atoms with van der Waals surface area (Å²) in [5.41, 5.74) is 5.41. The highest BCUT2D eigenvalue weighted by Crippen LogP contribution is 2.36. The second-order valence-electron chi connectivity index (χ2n) is 7.62. The van der Waals surface area contributed by atoms with Gasteiger partial charge in [-0.2, -0.15) is 0 Å². The summed E-state index contributed by atoms with van der Waals surface area (Å²) >= 11 is 0. The number of carbonyl (C=O) groups excluding carboxylic acids is 1. The Bertz CT molecular complexity index is 649. The van der Waals surface area contributed by atoms with E-state index in [4.69, 9.17) is 15.0 Å². The maximum absolute atomic E-state index is 14.3. The van der Waals surface area contributed by atoms with Gasteiger partial charge < -0.3 is 19.9 Å². The largest absolute Gasteiger partial charge is 0.497 e. The molecular formula is C17H24BFN2O3. The van der Waals surface area contributed by atoms with E-state index in [2.05, 4.69) is 0 Å². The van der Waals surface area contributed by atoms with Gasteiger partial charge >= 0.3 is 7.12 Å². The third-order valence-electron chi connectivity index (χ3n) is 5.26. The molecule has 130 valence electrons. The van der Waals surface area contributed by atoms with Crippen molar-refractivity contribution in [3.8, 4) is 0 Å². The van der Waals surface area contributed by atoms with Crippen molar-refractivity contribution in [3.63, 3.8) is 0 Å². The van der Waals surface area contributed by atoms with Crippen molar-refractivity contribution in [1.29, 1.82) is 0 Å². The SMILES string of the molecule is CC1(C)OB(c2cc(C(=O)N3CC[C@H](N)C3)ccc2F)OC1(C)C. The van der Waals surface area contributed by atoms with Gasteiger partial charge in [0.1, 0.15) is 5.82 Å². The van der Waals surface area contributed by atoms with E-state index in [1.165, 1.54) is 18.2 Å². The lowest BCUT2D eigenvalue weighted by Crippen LogP contribution is -2.41. The molecule has 0 saturated carbocycles. The fourth-order valence-electron chi connectivity index (χ4n) is 2.98. The van der Waals surface area contributed by atoms with Gasteiger partial charge in [-0.25, -0.2) is 4.39 Å². The van der Waals surface area contributed by atoms with E-state index in [0.29, 0.717) is 18.7 Å². The minimum absolute atomic E-state index is 0.0111. The fourth-order valence-corrected chi connectivity index (χ4v) is 2.98. The number of rotatable bonds is 2. The van der Waals surface area contributed by atoms with Crippen molar-refractivity contribution in [2.24, 2.45) is 5.73 Å². The minimum Gasteiger partial charge on any atom is -0.399 e. The van der Waals surface area contributed by atoms with Gasteiger partial charge in [-0.05, 0) is 52.3 Å². The Hall–Kier alpha value is -1.44. The normalized spacial score (nSPS) is 25.3. The molecule has 0 bridgehead atoms. The molecule has 1 amide bonds. The number of amides is 1. The Morgan fingerprint density at radius 3 is 2.46 bits per heavy atom. The smallest absolute Gasteiger partial charge is 0.399 e. The molecule has 2 aliphatic heterocycles. The van der Waals surface area contributed by atoms with E-state index in [0.717, 1.165) is 6.42 Å². The molecule has 2 aliphatic rings. The second kappa shape index (κ2) is 5.83. The maximum Gasteiger partial charge on any atom is 0.497 e. The van der Waals surface area contributed by atoms with Crippen molar-refractivity contribution < 1.29 is 18.5 Å². The van der Waals surface area contributed by atoms with Gasteiger partial charge in [0.2, 0.25) is 0 Å². The van der Waals surface area contributed by atoms with Crippen LogP contribution < -0.4 is 11.2 Å². The second-order valence-corrected chi connectivity index (χ2v) is 7.62. The number of hydrogen-bond acceptors (Lipinski definition) is 4. The van der Waals surface area contributed by atoms with Gasteiger partial charge in [0.15, 0.2) is 0 Å². The van der Waals surface area contributed by atoms with Crippen LogP contribution in [0.1, 0.15) is 44.5 Å². The molecule has 1 aromatic carbocycles. The van der Waals surface area contributed by atoms with Crippen LogP contribution in [0.4, 0.5) is 4.39 Å². The van der Waals surface area contributed by atoms with Gasteiger partial charge in [0.05, 0.1) is 11.2 Å². The summed E-state index contributed by atoms with van der Waals surface area (Å²) < 4.78 is 26.1. The van der Waals surface area contributed by atoms with Gasteiger partial charge in [-0.1, -0.05) is 0 Å². The van der Waals surface area contributed by atoms with E-state index < -0.39 is 24.1 Å². The Kier molecular flexibility index (Phi) is 4.22. The first-order valence-electron chi connectivity index (χ1n) is 8.31. The average molecular weight is 334 g/mol. The number of carbonyl (C=O) groups is 1. The lowest BCUT2D eigenvalue weighted by molar-refractivity contribution is 0.00578. The number of hydrogen-bond donors (Lipinski definition) is 1. The molecule has 5 nitrogen and oxygen atoms in total. The van der Waals surface area contributed by atoms with Crippen LogP contribution in [0, 0.1) is 5.82 Å². The molecule has 2 fully saturated rings. The Labute approximate surface area is 142 Å². The quantitative estimate of drug-likeness (QED) is 0.828. The Morgan fingerprint density at radius 1 is 1.29 bits per heavy atom. The van der Waals surface area contributed by atoms with E-state index >= 15 is 0 Å². The van der Waals surface area contributed by atoms with Crippen LogP contribution >= 0.6 is 0 Å². The number of likely N-dealkylation sites (tertiary alicyclic amines) is 1. The number of halogens is 1. The molecule has 24 heavy (non-hydrogen) atoms. The fraction of sp³-hybridized carbons (Fsp3) is 0.588. The summed E-state index contributed by atoms with van der Waals surface area (Å²) in [6, 6.07) is 4.33. The minimum atomic E-state index is -0.830. The van der Waals surface area contributed by atoms with Gasteiger partial charge in [-0.3, -0.25) is 4.79 Å². The lowest BCUT2D eigenvalue weighted by Gasteiger charge is -2.32. The topological polar surface area (TPSA) is 64.8 Å². The predicted octanol–water partition coefficient (Wildman–Crippen LogP) is 1.30. The highest BCUT2D eigenvalue weighted by atomic mass is 19.1. The van der Waals surface area contributed by atoms with Crippen molar-refractivity contribution in [2.75, 3.05) is 13.1 Å². The summed E-state index contributed by atoms with van der Waals surface area (Å²) in [4.78, 5) is 14.3. The van der Waals surface area contributed by atoms with E-state index in [1.807, 2.05) is 27.7 Å². The standard InChI is InChI=1S/C17H24BFN2O3/c1-16(2)17(3,4)24-18(23-16)13-9-11(5-6-14(13)19)15(22)21-8-7-12(20)10-21/h5-6,9,12H,7-8,10,20H2,1-4H3/t12-/m0/s1. The highest BCUT2D eigenvalue weighted by molar-refractivity contribution is 6.62. The zero-order chi connectivity index (χ0) is 17.7. The van der Waals surface area contributed by atoms with E-state index in [1.54, 1.807) is 4.90 Å². The third kappa shape index (κ3) is 2.96. The first kappa shape index (κ1) is 17.4. The average Bonchev–Trinajstić information content (AvgIpc) is 3.00. The molecule has 2 heterocycles. The summed E-state index contributed by atoms with van der Waals surface area (Å²) in [5, 5.41) is 0. The molecule has 1 aromatic rings. The molecule has 0 spiro atoms. The van der Waals surface area contributed by atoms with Crippen molar-refractivity contribution in [2.45, 2.75) is 51.4 Å². The van der Waals surface area contributed by atoms with Gasteiger partial charge in [0.25, 0.3) is 5.91 Å². The van der Waals surface area contributed by atoms with Crippen LogP contribution in [0.25, 0.3) is 0 Å². The van der Waals surface area contributed by atoms with Crippen LogP contribution in [0.15, 0.2) is 18.2 Å². The van der Waals surface area contributed by atoms with Crippen LogP contribution in [0.5, 0.6) is 0 Å². The summed E-state index contributed by atoms with van der Waals surface area (Å²) in [5.74, 6) is -0.580. The molecule has 0 aliphatic carbocycles. The van der Waals surface area contributed by atoms with Crippen molar-refractivity contribution in [3.05, 3.63) is 29.6 Å². The summed E-state index contributed by atoms with van der Waals surface area (Å²) in [6.07, 6.45) is 0.789.